The van der Waals surface area contributed by atoms with Crippen molar-refractivity contribution in [2.45, 2.75) is 26.2 Å². The lowest BCUT2D eigenvalue weighted by Gasteiger charge is -2.11. The molecule has 2 rings (SSSR count). The summed E-state index contributed by atoms with van der Waals surface area (Å²) >= 11 is 0. The van der Waals surface area contributed by atoms with Crippen LogP contribution in [0.15, 0.2) is 18.2 Å². The van der Waals surface area contributed by atoms with Gasteiger partial charge in [0.05, 0.1) is 7.11 Å². The van der Waals surface area contributed by atoms with E-state index >= 15 is 0 Å². The summed E-state index contributed by atoms with van der Waals surface area (Å²) in [4.78, 5) is 4.46. The number of hydrogen-bond acceptors (Lipinski definition) is 3. The van der Waals surface area contributed by atoms with E-state index in [0.717, 1.165) is 11.5 Å². The molecule has 0 aromatic carbocycles. The Hall–Kier alpha value is -1.58. The summed E-state index contributed by atoms with van der Waals surface area (Å²) in [5, 5.41) is 4.44. The predicted molar refractivity (Wildman–Crippen MR) is 58.2 cm³/mol. The standard InChI is InChI=1S/C11H15N3O/c1-11(2,3)10-12-8-6-5-7-9(15-4)14(8)13-10/h5-7H,1-4H3. The van der Waals surface area contributed by atoms with Crippen LogP contribution >= 0.6 is 0 Å². The van der Waals surface area contributed by atoms with Gasteiger partial charge in [0.25, 0.3) is 0 Å². The molecule has 0 bridgehead atoms. The third-order valence-electron chi connectivity index (χ3n) is 2.20. The number of rotatable bonds is 1. The first-order chi connectivity index (χ1) is 7.02. The Morgan fingerprint density at radius 1 is 1.27 bits per heavy atom. The molecule has 0 fully saturated rings. The van der Waals surface area contributed by atoms with Crippen LogP contribution in [0.1, 0.15) is 26.6 Å². The van der Waals surface area contributed by atoms with E-state index in [-0.39, 0.29) is 5.41 Å². The zero-order valence-electron chi connectivity index (χ0n) is 9.48. The van der Waals surface area contributed by atoms with Crippen molar-refractivity contribution in [3.63, 3.8) is 0 Å². The molecule has 0 radical (unpaired) electrons. The zero-order valence-corrected chi connectivity index (χ0v) is 9.48. The van der Waals surface area contributed by atoms with Crippen LogP contribution in [0.5, 0.6) is 5.88 Å². The topological polar surface area (TPSA) is 39.4 Å². The van der Waals surface area contributed by atoms with Crippen LogP contribution in [-0.4, -0.2) is 21.7 Å². The van der Waals surface area contributed by atoms with Gasteiger partial charge in [0.2, 0.25) is 5.88 Å². The highest BCUT2D eigenvalue weighted by Gasteiger charge is 2.20. The van der Waals surface area contributed by atoms with Gasteiger partial charge in [-0.3, -0.25) is 0 Å². The minimum atomic E-state index is -0.0446. The summed E-state index contributed by atoms with van der Waals surface area (Å²) in [6, 6.07) is 5.70. The lowest BCUT2D eigenvalue weighted by atomic mass is 9.96. The third kappa shape index (κ3) is 1.67. The molecule has 0 saturated heterocycles. The molecule has 0 N–H and O–H groups in total. The van der Waals surface area contributed by atoms with Crippen LogP contribution in [0.25, 0.3) is 5.65 Å². The van der Waals surface area contributed by atoms with Crippen LogP contribution in [0.3, 0.4) is 0 Å². The van der Waals surface area contributed by atoms with Crippen molar-refractivity contribution in [3.05, 3.63) is 24.0 Å². The first-order valence-electron chi connectivity index (χ1n) is 4.92. The molecule has 15 heavy (non-hydrogen) atoms. The van der Waals surface area contributed by atoms with Crippen molar-refractivity contribution in [2.24, 2.45) is 0 Å². The molecule has 2 aromatic rings. The number of nitrogens with zero attached hydrogens (tertiary/aromatic N) is 3. The minimum absolute atomic E-state index is 0.0446. The molecule has 4 nitrogen and oxygen atoms in total. The van der Waals surface area contributed by atoms with E-state index in [1.165, 1.54) is 0 Å². The van der Waals surface area contributed by atoms with Crippen molar-refractivity contribution >= 4 is 5.65 Å². The molecule has 0 atom stereocenters. The quantitative estimate of drug-likeness (QED) is 0.715. The minimum Gasteiger partial charge on any atom is -0.481 e. The molecule has 0 aliphatic carbocycles. The number of fused-ring (bicyclic) bond motifs is 1. The molecule has 4 heteroatoms. The van der Waals surface area contributed by atoms with E-state index in [0.29, 0.717) is 5.88 Å². The first kappa shape index (κ1) is 9.96. The Kier molecular flexibility index (Phi) is 2.14. The van der Waals surface area contributed by atoms with Gasteiger partial charge >= 0.3 is 0 Å². The summed E-state index contributed by atoms with van der Waals surface area (Å²) in [6.45, 7) is 6.27. The Morgan fingerprint density at radius 3 is 2.60 bits per heavy atom. The van der Waals surface area contributed by atoms with E-state index in [1.54, 1.807) is 11.6 Å². The van der Waals surface area contributed by atoms with Gasteiger partial charge in [0.15, 0.2) is 11.5 Å². The maximum Gasteiger partial charge on any atom is 0.216 e. The summed E-state index contributed by atoms with van der Waals surface area (Å²) < 4.78 is 6.94. The Labute approximate surface area is 88.9 Å². The second-order valence-electron chi connectivity index (χ2n) is 4.52. The van der Waals surface area contributed by atoms with Gasteiger partial charge in [-0.2, -0.15) is 4.52 Å². The SMILES string of the molecule is COc1cccc2nc(C(C)(C)C)nn12. The number of hydrogen-bond donors (Lipinski definition) is 0. The summed E-state index contributed by atoms with van der Waals surface area (Å²) in [7, 11) is 1.63. The Balaban J connectivity index is 2.65. The molecule has 0 saturated carbocycles. The van der Waals surface area contributed by atoms with Gasteiger partial charge in [-0.05, 0) is 6.07 Å². The molecule has 0 unspecified atom stereocenters. The fraction of sp³-hybridized carbons (Fsp3) is 0.455. The third-order valence-corrected chi connectivity index (χ3v) is 2.20. The van der Waals surface area contributed by atoms with Gasteiger partial charge in [-0.1, -0.05) is 26.8 Å². The molecule has 80 valence electrons. The van der Waals surface area contributed by atoms with Crippen molar-refractivity contribution in [1.82, 2.24) is 14.6 Å². The highest BCUT2D eigenvalue weighted by molar-refractivity contribution is 5.41. The van der Waals surface area contributed by atoms with Crippen molar-refractivity contribution in [3.8, 4) is 5.88 Å². The van der Waals surface area contributed by atoms with Gasteiger partial charge in [0.1, 0.15) is 0 Å². The second-order valence-corrected chi connectivity index (χ2v) is 4.52. The molecular formula is C11H15N3O. The first-order valence-corrected chi connectivity index (χ1v) is 4.92. The monoisotopic (exact) mass is 205 g/mol. The zero-order chi connectivity index (χ0) is 11.1. The van der Waals surface area contributed by atoms with E-state index in [2.05, 4.69) is 30.9 Å². The highest BCUT2D eigenvalue weighted by atomic mass is 16.5. The van der Waals surface area contributed by atoms with Crippen LogP contribution in [-0.2, 0) is 5.41 Å². The summed E-state index contributed by atoms with van der Waals surface area (Å²) in [6.07, 6.45) is 0. The number of ether oxygens (including phenoxy) is 1. The van der Waals surface area contributed by atoms with Crippen molar-refractivity contribution in [1.29, 1.82) is 0 Å². The Bertz CT molecular complexity index is 482. The Morgan fingerprint density at radius 2 is 2.00 bits per heavy atom. The van der Waals surface area contributed by atoms with Crippen LogP contribution < -0.4 is 4.74 Å². The van der Waals surface area contributed by atoms with E-state index in [4.69, 9.17) is 4.74 Å². The molecule has 2 aromatic heterocycles. The fourth-order valence-electron chi connectivity index (χ4n) is 1.35. The maximum absolute atomic E-state index is 5.21. The molecular weight excluding hydrogens is 190 g/mol. The van der Waals surface area contributed by atoms with E-state index in [1.807, 2.05) is 18.2 Å². The predicted octanol–water partition coefficient (Wildman–Crippen LogP) is 2.04. The van der Waals surface area contributed by atoms with Crippen molar-refractivity contribution in [2.75, 3.05) is 7.11 Å². The lowest BCUT2D eigenvalue weighted by molar-refractivity contribution is 0.384. The molecule has 2 heterocycles. The van der Waals surface area contributed by atoms with Crippen LogP contribution in [0, 0.1) is 0 Å². The molecule has 0 amide bonds. The summed E-state index contributed by atoms with van der Waals surface area (Å²) in [5.41, 5.74) is 0.774. The average molecular weight is 205 g/mol. The van der Waals surface area contributed by atoms with Gasteiger partial charge < -0.3 is 4.74 Å². The maximum atomic E-state index is 5.21. The molecule has 0 aliphatic heterocycles. The smallest absolute Gasteiger partial charge is 0.216 e. The number of pyridine rings is 1. The number of methoxy groups -OCH3 is 1. The molecule has 0 spiro atoms. The van der Waals surface area contributed by atoms with Crippen LogP contribution in [0.2, 0.25) is 0 Å². The van der Waals surface area contributed by atoms with Crippen molar-refractivity contribution < 1.29 is 4.74 Å². The normalized spacial score (nSPS) is 12.0. The number of aromatic nitrogens is 3. The molecule has 0 aliphatic rings. The second kappa shape index (κ2) is 3.22. The van der Waals surface area contributed by atoms with Gasteiger partial charge in [-0.15, -0.1) is 5.10 Å². The largest absolute Gasteiger partial charge is 0.481 e. The fourth-order valence-corrected chi connectivity index (χ4v) is 1.35. The van der Waals surface area contributed by atoms with Crippen LogP contribution in [0.4, 0.5) is 0 Å². The highest BCUT2D eigenvalue weighted by Crippen LogP contribution is 2.21. The average Bonchev–Trinajstić information content (AvgIpc) is 2.59. The van der Waals surface area contributed by atoms with Gasteiger partial charge in [0, 0.05) is 11.5 Å². The van der Waals surface area contributed by atoms with E-state index in [9.17, 15) is 0 Å². The lowest BCUT2D eigenvalue weighted by Crippen LogP contribution is -2.13. The van der Waals surface area contributed by atoms with Gasteiger partial charge in [-0.25, -0.2) is 4.98 Å². The van der Waals surface area contributed by atoms with E-state index < -0.39 is 0 Å². The summed E-state index contributed by atoms with van der Waals surface area (Å²) in [5.74, 6) is 1.53.